The molecule has 0 radical (unpaired) electrons. The first-order valence-corrected chi connectivity index (χ1v) is 5.16. The van der Waals surface area contributed by atoms with Crippen molar-refractivity contribution in [1.29, 1.82) is 0 Å². The average molecular weight is 202 g/mol. The summed E-state index contributed by atoms with van der Waals surface area (Å²) in [5.74, 6) is 0.788. The molecule has 0 saturated carbocycles. The van der Waals surface area contributed by atoms with Gasteiger partial charge in [0.1, 0.15) is 11.3 Å². The molecule has 15 heavy (non-hydrogen) atoms. The Morgan fingerprint density at radius 1 is 1.27 bits per heavy atom. The molecule has 1 heterocycles. The molecule has 0 spiro atoms. The third-order valence-electron chi connectivity index (χ3n) is 2.69. The van der Waals surface area contributed by atoms with Gasteiger partial charge in [-0.15, -0.1) is 0 Å². The first-order valence-electron chi connectivity index (χ1n) is 5.16. The fourth-order valence-corrected chi connectivity index (χ4v) is 1.79. The molecule has 1 aromatic carbocycles. The molecule has 0 aliphatic heterocycles. The lowest BCUT2D eigenvalue weighted by molar-refractivity contribution is 0.537. The van der Waals surface area contributed by atoms with E-state index in [2.05, 4.69) is 0 Å². The normalized spacial score (nSPS) is 10.9. The summed E-state index contributed by atoms with van der Waals surface area (Å²) in [6.07, 6.45) is 0.755. The highest BCUT2D eigenvalue weighted by atomic mass is 16.3. The predicted octanol–water partition coefficient (Wildman–Crippen LogP) is 2.97. The van der Waals surface area contributed by atoms with E-state index in [0.29, 0.717) is 11.0 Å². The molecule has 2 heteroatoms. The maximum Gasteiger partial charge on any atom is 0.195 e. The summed E-state index contributed by atoms with van der Waals surface area (Å²) in [6.45, 7) is 5.79. The Balaban J connectivity index is 2.91. The lowest BCUT2D eigenvalue weighted by atomic mass is 10.1. The maximum absolute atomic E-state index is 12.0. The second-order valence-corrected chi connectivity index (χ2v) is 3.83. The number of fused-ring (bicyclic) bond motifs is 1. The molecule has 0 aliphatic carbocycles. The van der Waals surface area contributed by atoms with Gasteiger partial charge >= 0.3 is 0 Å². The monoisotopic (exact) mass is 202 g/mol. The quantitative estimate of drug-likeness (QED) is 0.711. The van der Waals surface area contributed by atoms with Crippen molar-refractivity contribution in [1.82, 2.24) is 0 Å². The smallest absolute Gasteiger partial charge is 0.195 e. The largest absolute Gasteiger partial charge is 0.461 e. The summed E-state index contributed by atoms with van der Waals surface area (Å²) in [5.41, 5.74) is 2.60. The van der Waals surface area contributed by atoms with Crippen LogP contribution in [0.15, 0.2) is 27.4 Å². The van der Waals surface area contributed by atoms with Crippen LogP contribution < -0.4 is 5.43 Å². The Hall–Kier alpha value is -1.57. The topological polar surface area (TPSA) is 30.2 Å². The third-order valence-corrected chi connectivity index (χ3v) is 2.69. The van der Waals surface area contributed by atoms with Crippen molar-refractivity contribution < 1.29 is 4.42 Å². The van der Waals surface area contributed by atoms with E-state index in [4.69, 9.17) is 4.42 Å². The van der Waals surface area contributed by atoms with Crippen LogP contribution in [0.3, 0.4) is 0 Å². The molecule has 1 aromatic heterocycles. The third kappa shape index (κ3) is 1.56. The summed E-state index contributed by atoms with van der Waals surface area (Å²) in [5, 5.41) is 0.685. The zero-order chi connectivity index (χ0) is 11.0. The van der Waals surface area contributed by atoms with Crippen molar-refractivity contribution in [3.05, 3.63) is 45.3 Å². The van der Waals surface area contributed by atoms with Gasteiger partial charge in [0.05, 0.1) is 5.39 Å². The molecule has 2 rings (SSSR count). The molecule has 0 N–H and O–H groups in total. The second kappa shape index (κ2) is 3.54. The van der Waals surface area contributed by atoms with Gasteiger partial charge in [-0.25, -0.2) is 0 Å². The number of hydrogen-bond donors (Lipinski definition) is 0. The lowest BCUT2D eigenvalue weighted by Crippen LogP contribution is -2.08. The van der Waals surface area contributed by atoms with Crippen LogP contribution in [0.4, 0.5) is 0 Å². The van der Waals surface area contributed by atoms with Crippen LogP contribution in [0.25, 0.3) is 11.0 Å². The van der Waals surface area contributed by atoms with Crippen LogP contribution >= 0.6 is 0 Å². The van der Waals surface area contributed by atoms with Crippen molar-refractivity contribution >= 4 is 11.0 Å². The standard InChI is InChI=1S/C13H14O2/c1-4-11-9(3)13(14)10-7-8(2)5-6-12(10)15-11/h5-7H,4H2,1-3H3. The Morgan fingerprint density at radius 2 is 2.00 bits per heavy atom. The zero-order valence-corrected chi connectivity index (χ0v) is 9.26. The van der Waals surface area contributed by atoms with E-state index in [1.807, 2.05) is 39.0 Å². The summed E-state index contributed by atoms with van der Waals surface area (Å²) >= 11 is 0. The van der Waals surface area contributed by atoms with Crippen molar-refractivity contribution in [2.24, 2.45) is 0 Å². The summed E-state index contributed by atoms with van der Waals surface area (Å²) in [7, 11) is 0. The van der Waals surface area contributed by atoms with Crippen molar-refractivity contribution in [3.63, 3.8) is 0 Å². The minimum Gasteiger partial charge on any atom is -0.461 e. The molecule has 0 atom stereocenters. The number of hydrogen-bond acceptors (Lipinski definition) is 2. The minimum atomic E-state index is 0.0943. The van der Waals surface area contributed by atoms with Gasteiger partial charge in [0.15, 0.2) is 5.43 Å². The fraction of sp³-hybridized carbons (Fsp3) is 0.308. The molecule has 0 amide bonds. The van der Waals surface area contributed by atoms with Crippen LogP contribution in [0.1, 0.15) is 23.8 Å². The van der Waals surface area contributed by atoms with Crippen LogP contribution in [-0.2, 0) is 6.42 Å². The highest BCUT2D eigenvalue weighted by Crippen LogP contribution is 2.16. The first kappa shape index (κ1) is 9.97. The van der Waals surface area contributed by atoms with Gasteiger partial charge < -0.3 is 4.42 Å². The van der Waals surface area contributed by atoms with Gasteiger partial charge in [0.2, 0.25) is 0 Å². The fourth-order valence-electron chi connectivity index (χ4n) is 1.79. The molecule has 0 unspecified atom stereocenters. The van der Waals surface area contributed by atoms with E-state index in [1.54, 1.807) is 0 Å². The van der Waals surface area contributed by atoms with Crippen LogP contribution in [0.2, 0.25) is 0 Å². The summed E-state index contributed by atoms with van der Waals surface area (Å²) in [4.78, 5) is 12.0. The predicted molar refractivity (Wildman–Crippen MR) is 61.3 cm³/mol. The van der Waals surface area contributed by atoms with Gasteiger partial charge in [0, 0.05) is 12.0 Å². The van der Waals surface area contributed by atoms with Gasteiger partial charge in [-0.3, -0.25) is 4.79 Å². The average Bonchev–Trinajstić information content (AvgIpc) is 2.24. The molecule has 0 bridgehead atoms. The number of rotatable bonds is 1. The van der Waals surface area contributed by atoms with Gasteiger partial charge in [-0.1, -0.05) is 18.6 Å². The van der Waals surface area contributed by atoms with Gasteiger partial charge in [-0.2, -0.15) is 0 Å². The van der Waals surface area contributed by atoms with Crippen molar-refractivity contribution in [3.8, 4) is 0 Å². The molecule has 2 nitrogen and oxygen atoms in total. The SMILES string of the molecule is CCc1oc2ccc(C)cc2c(=O)c1C. The van der Waals surface area contributed by atoms with E-state index in [-0.39, 0.29) is 5.43 Å². The molecule has 2 aromatic rings. The van der Waals surface area contributed by atoms with E-state index in [9.17, 15) is 4.79 Å². The van der Waals surface area contributed by atoms with Crippen LogP contribution in [-0.4, -0.2) is 0 Å². The van der Waals surface area contributed by atoms with Crippen molar-refractivity contribution in [2.75, 3.05) is 0 Å². The molecular weight excluding hydrogens is 188 g/mol. The zero-order valence-electron chi connectivity index (χ0n) is 9.26. The van der Waals surface area contributed by atoms with Crippen LogP contribution in [0, 0.1) is 13.8 Å². The number of benzene rings is 1. The Morgan fingerprint density at radius 3 is 2.67 bits per heavy atom. The van der Waals surface area contributed by atoms with E-state index in [1.165, 1.54) is 0 Å². The molecule has 0 saturated heterocycles. The number of aryl methyl sites for hydroxylation is 2. The second-order valence-electron chi connectivity index (χ2n) is 3.83. The molecule has 78 valence electrons. The lowest BCUT2D eigenvalue weighted by Gasteiger charge is -2.04. The summed E-state index contributed by atoms with van der Waals surface area (Å²) in [6, 6.07) is 5.71. The highest BCUT2D eigenvalue weighted by Gasteiger charge is 2.08. The Kier molecular flexibility index (Phi) is 2.35. The van der Waals surface area contributed by atoms with E-state index in [0.717, 1.165) is 23.3 Å². The molecule has 0 aliphatic rings. The highest BCUT2D eigenvalue weighted by molar-refractivity contribution is 5.77. The van der Waals surface area contributed by atoms with Gasteiger partial charge in [0.25, 0.3) is 0 Å². The molecular formula is C13H14O2. The van der Waals surface area contributed by atoms with E-state index < -0.39 is 0 Å². The Labute approximate surface area is 88.5 Å². The van der Waals surface area contributed by atoms with Crippen molar-refractivity contribution in [2.45, 2.75) is 27.2 Å². The van der Waals surface area contributed by atoms with Gasteiger partial charge in [-0.05, 0) is 26.0 Å². The summed E-state index contributed by atoms with van der Waals surface area (Å²) < 4.78 is 5.68. The maximum atomic E-state index is 12.0. The first-order chi connectivity index (χ1) is 7.13. The molecule has 0 fully saturated rings. The Bertz CT molecular complexity index is 564. The van der Waals surface area contributed by atoms with E-state index >= 15 is 0 Å². The van der Waals surface area contributed by atoms with Crippen LogP contribution in [0.5, 0.6) is 0 Å². The minimum absolute atomic E-state index is 0.0943.